The first kappa shape index (κ1) is 21.1. The molecule has 3 aliphatic rings. The Hall–Kier alpha value is -2.74. The zero-order chi connectivity index (χ0) is 22.1. The van der Waals surface area contributed by atoms with Crippen LogP contribution in [0.2, 0.25) is 0 Å². The second-order valence-electron chi connectivity index (χ2n) is 9.33. The predicted octanol–water partition coefficient (Wildman–Crippen LogP) is 2.77. The van der Waals surface area contributed by atoms with Gasteiger partial charge in [0.2, 0.25) is 5.91 Å². The summed E-state index contributed by atoms with van der Waals surface area (Å²) in [6.07, 6.45) is 5.89. The maximum absolute atomic E-state index is 13.1. The number of nitrogens with one attached hydrogen (secondary N) is 1. The fraction of sp³-hybridized carbons (Fsp3) is 0.583. The highest BCUT2D eigenvalue weighted by Crippen LogP contribution is 2.28. The quantitative estimate of drug-likeness (QED) is 0.795. The van der Waals surface area contributed by atoms with Gasteiger partial charge in [0.25, 0.3) is 5.91 Å². The van der Waals surface area contributed by atoms with E-state index < -0.39 is 0 Å². The Morgan fingerprint density at radius 3 is 2.50 bits per heavy atom. The fourth-order valence-electron chi connectivity index (χ4n) is 5.04. The Balaban J connectivity index is 1.18. The van der Waals surface area contributed by atoms with Gasteiger partial charge < -0.3 is 15.0 Å². The Morgan fingerprint density at radius 1 is 1.06 bits per heavy atom. The summed E-state index contributed by atoms with van der Waals surface area (Å²) in [4.78, 5) is 27.5. The molecule has 170 valence electrons. The van der Waals surface area contributed by atoms with Crippen LogP contribution in [0.15, 0.2) is 24.3 Å². The van der Waals surface area contributed by atoms with Gasteiger partial charge in [-0.3, -0.25) is 9.59 Å². The molecule has 5 rings (SSSR count). The molecule has 8 nitrogen and oxygen atoms in total. The van der Waals surface area contributed by atoms with Crippen LogP contribution in [0.1, 0.15) is 71.9 Å². The average molecular weight is 438 g/mol. The number of ether oxygens (including phenoxy) is 1. The Morgan fingerprint density at radius 2 is 1.78 bits per heavy atom. The number of fused-ring (bicyclic) bond motifs is 1. The molecule has 0 radical (unpaired) electrons. The number of aryl methyl sites for hydroxylation is 1. The van der Waals surface area contributed by atoms with Crippen LogP contribution in [0.5, 0.6) is 0 Å². The zero-order valence-electron chi connectivity index (χ0n) is 18.6. The topological polar surface area (TPSA) is 89.4 Å². The molecule has 0 bridgehead atoms. The van der Waals surface area contributed by atoms with Crippen LogP contribution in [-0.2, 0) is 22.7 Å². The summed E-state index contributed by atoms with van der Waals surface area (Å²) >= 11 is 0. The highest BCUT2D eigenvalue weighted by atomic mass is 16.5. The van der Waals surface area contributed by atoms with Crippen molar-refractivity contribution in [2.24, 2.45) is 5.92 Å². The SMILES string of the molecule is Cc1ccc([C@@H]2Cn3nnc(C(=O)N4CCC(C(=O)NC5CCCC5)CC4)c3CO2)cc1. The molecular formula is C24H31N5O3. The summed E-state index contributed by atoms with van der Waals surface area (Å²) in [5.74, 6) is 0.0335. The molecule has 32 heavy (non-hydrogen) atoms. The summed E-state index contributed by atoms with van der Waals surface area (Å²) in [7, 11) is 0. The number of nitrogens with zero attached hydrogens (tertiary/aromatic N) is 4. The summed E-state index contributed by atoms with van der Waals surface area (Å²) in [5, 5.41) is 11.6. The van der Waals surface area contributed by atoms with Gasteiger partial charge in [-0.25, -0.2) is 4.68 Å². The predicted molar refractivity (Wildman–Crippen MR) is 118 cm³/mol. The van der Waals surface area contributed by atoms with Crippen LogP contribution >= 0.6 is 0 Å². The largest absolute Gasteiger partial charge is 0.365 e. The molecule has 1 N–H and O–H groups in total. The van der Waals surface area contributed by atoms with Crippen molar-refractivity contribution >= 4 is 11.8 Å². The normalized spacial score (nSPS) is 22.0. The maximum Gasteiger partial charge on any atom is 0.276 e. The summed E-state index contributed by atoms with van der Waals surface area (Å²) in [6, 6.07) is 8.63. The van der Waals surface area contributed by atoms with Gasteiger partial charge >= 0.3 is 0 Å². The highest BCUT2D eigenvalue weighted by molar-refractivity contribution is 5.93. The molecule has 2 aromatic rings. The summed E-state index contributed by atoms with van der Waals surface area (Å²) in [5.41, 5.74) is 3.42. The smallest absolute Gasteiger partial charge is 0.276 e. The Labute approximate surface area is 188 Å². The second-order valence-corrected chi connectivity index (χ2v) is 9.33. The lowest BCUT2D eigenvalue weighted by Crippen LogP contribution is -2.45. The van der Waals surface area contributed by atoms with Crippen molar-refractivity contribution in [1.29, 1.82) is 0 Å². The lowest BCUT2D eigenvalue weighted by atomic mass is 9.95. The standard InChI is InChI=1S/C24H31N5O3/c1-16-6-8-17(9-7-16)21-14-29-20(15-32-21)22(26-27-29)24(31)28-12-10-18(11-13-28)23(30)25-19-4-2-3-5-19/h6-9,18-19,21H,2-5,10-15H2,1H3,(H,25,30)/t21-/m0/s1. The Kier molecular flexibility index (Phi) is 5.95. The monoisotopic (exact) mass is 437 g/mol. The number of likely N-dealkylation sites (tertiary alicyclic amines) is 1. The number of hydrogen-bond acceptors (Lipinski definition) is 5. The van der Waals surface area contributed by atoms with E-state index in [-0.39, 0.29) is 23.8 Å². The van der Waals surface area contributed by atoms with Crippen molar-refractivity contribution in [3.05, 3.63) is 46.8 Å². The first-order valence-electron chi connectivity index (χ1n) is 11.8. The number of hydrogen-bond donors (Lipinski definition) is 1. The van der Waals surface area contributed by atoms with Gasteiger partial charge in [0, 0.05) is 25.0 Å². The van der Waals surface area contributed by atoms with Crippen molar-refractivity contribution in [2.45, 2.75) is 70.7 Å². The lowest BCUT2D eigenvalue weighted by molar-refractivity contribution is -0.127. The van der Waals surface area contributed by atoms with Crippen LogP contribution in [0.4, 0.5) is 0 Å². The lowest BCUT2D eigenvalue weighted by Gasteiger charge is -2.32. The van der Waals surface area contributed by atoms with Gasteiger partial charge in [-0.15, -0.1) is 5.10 Å². The zero-order valence-corrected chi connectivity index (χ0v) is 18.6. The Bertz CT molecular complexity index is 972. The van der Waals surface area contributed by atoms with Crippen molar-refractivity contribution in [3.63, 3.8) is 0 Å². The van der Waals surface area contributed by atoms with E-state index in [4.69, 9.17) is 4.74 Å². The molecule has 1 aliphatic carbocycles. The molecule has 0 spiro atoms. The van der Waals surface area contributed by atoms with E-state index in [2.05, 4.69) is 46.8 Å². The third-order valence-electron chi connectivity index (χ3n) is 7.10. The molecule has 2 amide bonds. The van der Waals surface area contributed by atoms with Gasteiger partial charge in [0.05, 0.1) is 18.8 Å². The van der Waals surface area contributed by atoms with E-state index in [0.717, 1.165) is 24.1 Å². The second kappa shape index (κ2) is 9.02. The highest BCUT2D eigenvalue weighted by Gasteiger charge is 2.33. The van der Waals surface area contributed by atoms with Crippen molar-refractivity contribution in [3.8, 4) is 0 Å². The third-order valence-corrected chi connectivity index (χ3v) is 7.10. The maximum atomic E-state index is 13.1. The summed E-state index contributed by atoms with van der Waals surface area (Å²) in [6.45, 7) is 4.06. The first-order chi connectivity index (χ1) is 15.6. The van der Waals surface area contributed by atoms with E-state index in [1.165, 1.54) is 18.4 Å². The molecule has 1 aromatic heterocycles. The molecule has 2 aliphatic heterocycles. The number of rotatable bonds is 4. The van der Waals surface area contributed by atoms with E-state index in [1.807, 2.05) is 0 Å². The summed E-state index contributed by atoms with van der Waals surface area (Å²) < 4.78 is 7.85. The minimum Gasteiger partial charge on any atom is -0.365 e. The number of piperidine rings is 1. The van der Waals surface area contributed by atoms with Crippen LogP contribution in [-0.4, -0.2) is 50.8 Å². The fourth-order valence-corrected chi connectivity index (χ4v) is 5.04. The van der Waals surface area contributed by atoms with Gasteiger partial charge in [-0.2, -0.15) is 0 Å². The minimum atomic E-state index is -0.113. The van der Waals surface area contributed by atoms with Crippen LogP contribution in [0.25, 0.3) is 0 Å². The first-order valence-corrected chi connectivity index (χ1v) is 11.8. The van der Waals surface area contributed by atoms with Crippen molar-refractivity contribution in [1.82, 2.24) is 25.2 Å². The number of aromatic nitrogens is 3. The number of carbonyl (C=O) groups excluding carboxylic acids is 2. The molecule has 1 saturated carbocycles. The van der Waals surface area contributed by atoms with Gasteiger partial charge in [-0.05, 0) is 38.2 Å². The van der Waals surface area contributed by atoms with Crippen LogP contribution < -0.4 is 5.32 Å². The third kappa shape index (κ3) is 4.28. The van der Waals surface area contributed by atoms with E-state index in [9.17, 15) is 9.59 Å². The molecule has 3 heterocycles. The number of amides is 2. The molecule has 8 heteroatoms. The average Bonchev–Trinajstić information content (AvgIpc) is 3.48. The molecule has 1 saturated heterocycles. The molecule has 2 fully saturated rings. The van der Waals surface area contributed by atoms with Crippen LogP contribution in [0.3, 0.4) is 0 Å². The number of carbonyl (C=O) groups is 2. The van der Waals surface area contributed by atoms with E-state index in [0.29, 0.717) is 50.8 Å². The molecule has 0 unspecified atom stereocenters. The van der Waals surface area contributed by atoms with E-state index in [1.54, 1.807) is 9.58 Å². The number of benzene rings is 1. The van der Waals surface area contributed by atoms with Crippen LogP contribution in [0, 0.1) is 12.8 Å². The molecular weight excluding hydrogens is 406 g/mol. The van der Waals surface area contributed by atoms with Crippen molar-refractivity contribution in [2.75, 3.05) is 13.1 Å². The van der Waals surface area contributed by atoms with Gasteiger partial charge in [-0.1, -0.05) is 47.9 Å². The van der Waals surface area contributed by atoms with Gasteiger partial charge in [0.15, 0.2) is 5.69 Å². The van der Waals surface area contributed by atoms with E-state index >= 15 is 0 Å². The molecule has 1 atom stereocenters. The minimum absolute atomic E-state index is 0.00714. The van der Waals surface area contributed by atoms with Crippen molar-refractivity contribution < 1.29 is 14.3 Å². The van der Waals surface area contributed by atoms with Gasteiger partial charge in [0.1, 0.15) is 6.10 Å². The molecule has 1 aromatic carbocycles.